The Morgan fingerprint density at radius 1 is 1.53 bits per heavy atom. The van der Waals surface area contributed by atoms with Crippen LogP contribution < -0.4 is 11.1 Å². The van der Waals surface area contributed by atoms with Gasteiger partial charge in [0.25, 0.3) is 0 Å². The molecule has 0 unspecified atom stereocenters. The Kier molecular flexibility index (Phi) is 3.75. The maximum Gasteiger partial charge on any atom is 0.158 e. The van der Waals surface area contributed by atoms with E-state index in [-0.39, 0.29) is 12.1 Å². The third-order valence-electron chi connectivity index (χ3n) is 2.69. The molecule has 4 N–H and O–H groups in total. The van der Waals surface area contributed by atoms with Gasteiger partial charge in [-0.1, -0.05) is 0 Å². The number of hydrogen-bond acceptors (Lipinski definition) is 6. The van der Waals surface area contributed by atoms with Crippen LogP contribution in [0.25, 0.3) is 0 Å². The zero-order valence-electron chi connectivity index (χ0n) is 9.89. The number of ether oxygens (including phenoxy) is 1. The van der Waals surface area contributed by atoms with Crippen LogP contribution in [-0.4, -0.2) is 33.8 Å². The number of nitrogens with two attached hydrogens (primary N) is 1. The molecule has 1 heterocycles. The summed E-state index contributed by atoms with van der Waals surface area (Å²) in [5.74, 6) is 1.70. The molecule has 0 spiro atoms. The smallest absolute Gasteiger partial charge is 0.158 e. The summed E-state index contributed by atoms with van der Waals surface area (Å²) in [5, 5.41) is 12.4. The van der Waals surface area contributed by atoms with Gasteiger partial charge in [-0.05, 0) is 19.8 Å². The van der Waals surface area contributed by atoms with Crippen molar-refractivity contribution < 1.29 is 9.84 Å². The van der Waals surface area contributed by atoms with Crippen molar-refractivity contribution in [2.24, 2.45) is 0 Å². The third kappa shape index (κ3) is 3.28. The summed E-state index contributed by atoms with van der Waals surface area (Å²) in [6.07, 6.45) is 1.32. The summed E-state index contributed by atoms with van der Waals surface area (Å²) in [7, 11) is 0. The fourth-order valence-electron chi connectivity index (χ4n) is 1.76. The number of nitrogens with zero attached hydrogens (tertiary/aromatic N) is 2. The monoisotopic (exact) mass is 238 g/mol. The zero-order valence-corrected chi connectivity index (χ0v) is 9.89. The van der Waals surface area contributed by atoms with Crippen molar-refractivity contribution in [3.63, 3.8) is 0 Å². The van der Waals surface area contributed by atoms with Crippen molar-refractivity contribution in [3.8, 4) is 0 Å². The molecule has 0 amide bonds. The lowest BCUT2D eigenvalue weighted by molar-refractivity contribution is 0.0835. The Hall–Kier alpha value is -1.40. The van der Waals surface area contributed by atoms with Crippen LogP contribution in [0.4, 0.5) is 11.6 Å². The van der Waals surface area contributed by atoms with Crippen molar-refractivity contribution in [1.82, 2.24) is 9.97 Å². The van der Waals surface area contributed by atoms with Crippen molar-refractivity contribution in [2.75, 3.05) is 17.7 Å². The summed E-state index contributed by atoms with van der Waals surface area (Å²) >= 11 is 0. The van der Waals surface area contributed by atoms with Gasteiger partial charge in [0.1, 0.15) is 18.2 Å². The van der Waals surface area contributed by atoms with Crippen LogP contribution in [0.5, 0.6) is 0 Å². The minimum Gasteiger partial charge on any atom is -0.393 e. The van der Waals surface area contributed by atoms with Gasteiger partial charge in [-0.25, -0.2) is 9.97 Å². The first-order valence-electron chi connectivity index (χ1n) is 5.83. The molecule has 6 nitrogen and oxygen atoms in total. The van der Waals surface area contributed by atoms with Crippen LogP contribution >= 0.6 is 0 Å². The second-order valence-electron chi connectivity index (χ2n) is 4.20. The molecular weight excluding hydrogens is 220 g/mol. The molecule has 0 bridgehead atoms. The highest BCUT2D eigenvalue weighted by atomic mass is 16.5. The predicted octanol–water partition coefficient (Wildman–Crippen LogP) is 0.530. The van der Waals surface area contributed by atoms with Crippen LogP contribution in [0.1, 0.15) is 25.6 Å². The number of aliphatic hydroxyl groups is 1. The van der Waals surface area contributed by atoms with Crippen LogP contribution in [0.15, 0.2) is 6.07 Å². The molecule has 1 aliphatic carbocycles. The molecule has 1 fully saturated rings. The summed E-state index contributed by atoms with van der Waals surface area (Å²) in [6.45, 7) is 2.90. The molecule has 0 atom stereocenters. The number of hydrogen-bond donors (Lipinski definition) is 3. The van der Waals surface area contributed by atoms with E-state index in [9.17, 15) is 5.11 Å². The molecule has 17 heavy (non-hydrogen) atoms. The first kappa shape index (κ1) is 12.1. The molecular formula is C11H18N4O2. The molecule has 0 radical (unpaired) electrons. The standard InChI is InChI=1S/C11H18N4O2/c1-2-17-6-11-14-9(12)5-10(15-11)13-7-3-8(16)4-7/h5,7-8,16H,2-4,6H2,1H3,(H3,12,13,14,15). The number of rotatable bonds is 5. The Bertz CT molecular complexity index is 380. The highest BCUT2D eigenvalue weighted by Gasteiger charge is 2.27. The average Bonchev–Trinajstić information content (AvgIpc) is 2.23. The van der Waals surface area contributed by atoms with E-state index in [1.54, 1.807) is 6.07 Å². The minimum atomic E-state index is -0.186. The van der Waals surface area contributed by atoms with Gasteiger partial charge in [-0.3, -0.25) is 0 Å². The van der Waals surface area contributed by atoms with Gasteiger partial charge < -0.3 is 20.9 Å². The van der Waals surface area contributed by atoms with Gasteiger partial charge in [0, 0.05) is 18.7 Å². The highest BCUT2D eigenvalue weighted by Crippen LogP contribution is 2.23. The van der Waals surface area contributed by atoms with E-state index in [0.29, 0.717) is 30.7 Å². The average molecular weight is 238 g/mol. The van der Waals surface area contributed by atoms with Crippen LogP contribution in [-0.2, 0) is 11.3 Å². The summed E-state index contributed by atoms with van der Waals surface area (Å²) in [6, 6.07) is 1.97. The van der Waals surface area contributed by atoms with Gasteiger partial charge in [0.15, 0.2) is 5.82 Å². The fraction of sp³-hybridized carbons (Fsp3) is 0.636. The Morgan fingerprint density at radius 3 is 2.94 bits per heavy atom. The second kappa shape index (κ2) is 5.29. The lowest BCUT2D eigenvalue weighted by Crippen LogP contribution is -2.39. The first-order valence-corrected chi connectivity index (χ1v) is 5.83. The largest absolute Gasteiger partial charge is 0.393 e. The van der Waals surface area contributed by atoms with Crippen molar-refractivity contribution in [3.05, 3.63) is 11.9 Å². The van der Waals surface area contributed by atoms with E-state index in [1.807, 2.05) is 6.92 Å². The molecule has 0 aliphatic heterocycles. The van der Waals surface area contributed by atoms with Crippen LogP contribution in [0.3, 0.4) is 0 Å². The minimum absolute atomic E-state index is 0.186. The molecule has 2 rings (SSSR count). The Labute approximate surface area is 100 Å². The van der Waals surface area contributed by atoms with E-state index in [0.717, 1.165) is 12.8 Å². The number of nitrogens with one attached hydrogen (secondary N) is 1. The third-order valence-corrected chi connectivity index (χ3v) is 2.69. The molecule has 0 saturated heterocycles. The number of nitrogen functional groups attached to an aromatic ring is 1. The normalized spacial score (nSPS) is 23.2. The summed E-state index contributed by atoms with van der Waals surface area (Å²) < 4.78 is 5.24. The van der Waals surface area contributed by atoms with Crippen LogP contribution in [0, 0.1) is 0 Å². The number of aliphatic hydroxyl groups excluding tert-OH is 1. The SMILES string of the molecule is CCOCc1nc(N)cc(NC2CC(O)C2)n1. The molecule has 1 aliphatic rings. The van der Waals surface area contributed by atoms with Gasteiger partial charge in [-0.15, -0.1) is 0 Å². The van der Waals surface area contributed by atoms with E-state index in [4.69, 9.17) is 10.5 Å². The van der Waals surface area contributed by atoms with Crippen molar-refractivity contribution in [1.29, 1.82) is 0 Å². The summed E-state index contributed by atoms with van der Waals surface area (Å²) in [4.78, 5) is 8.40. The Morgan fingerprint density at radius 2 is 2.29 bits per heavy atom. The predicted molar refractivity (Wildman–Crippen MR) is 64.4 cm³/mol. The quantitative estimate of drug-likeness (QED) is 0.693. The van der Waals surface area contributed by atoms with Crippen LogP contribution in [0.2, 0.25) is 0 Å². The molecule has 0 aromatic carbocycles. The molecule has 1 aromatic rings. The lowest BCUT2D eigenvalue weighted by atomic mass is 9.89. The van der Waals surface area contributed by atoms with Gasteiger partial charge in [0.2, 0.25) is 0 Å². The molecule has 1 aromatic heterocycles. The molecule has 94 valence electrons. The van der Waals surface area contributed by atoms with Crippen molar-refractivity contribution in [2.45, 2.75) is 38.5 Å². The molecule has 6 heteroatoms. The summed E-state index contributed by atoms with van der Waals surface area (Å²) in [5.41, 5.74) is 5.70. The Balaban J connectivity index is 1.98. The van der Waals surface area contributed by atoms with E-state index < -0.39 is 0 Å². The molecule has 1 saturated carbocycles. The zero-order chi connectivity index (χ0) is 12.3. The first-order chi connectivity index (χ1) is 8.17. The highest BCUT2D eigenvalue weighted by molar-refractivity contribution is 5.45. The topological polar surface area (TPSA) is 93.3 Å². The van der Waals surface area contributed by atoms with E-state index in [2.05, 4.69) is 15.3 Å². The maximum absolute atomic E-state index is 9.20. The van der Waals surface area contributed by atoms with E-state index in [1.165, 1.54) is 0 Å². The number of anilines is 2. The van der Waals surface area contributed by atoms with Gasteiger partial charge in [-0.2, -0.15) is 0 Å². The maximum atomic E-state index is 9.20. The lowest BCUT2D eigenvalue weighted by Gasteiger charge is -2.32. The number of aromatic nitrogens is 2. The van der Waals surface area contributed by atoms with Crippen molar-refractivity contribution >= 4 is 11.6 Å². The van der Waals surface area contributed by atoms with Gasteiger partial charge >= 0.3 is 0 Å². The van der Waals surface area contributed by atoms with E-state index >= 15 is 0 Å². The van der Waals surface area contributed by atoms with Gasteiger partial charge in [0.05, 0.1) is 6.10 Å². The second-order valence-corrected chi connectivity index (χ2v) is 4.20. The fourth-order valence-corrected chi connectivity index (χ4v) is 1.76.